The molecule has 18 heavy (non-hydrogen) atoms. The van der Waals surface area contributed by atoms with Gasteiger partial charge in [-0.2, -0.15) is 0 Å². The molecular weight excluding hydrogens is 228 g/mol. The van der Waals surface area contributed by atoms with E-state index in [0.29, 0.717) is 6.42 Å². The third-order valence-corrected chi connectivity index (χ3v) is 2.64. The average molecular weight is 252 g/mol. The maximum absolute atomic E-state index is 10.4. The van der Waals surface area contributed by atoms with Crippen LogP contribution >= 0.6 is 0 Å². The summed E-state index contributed by atoms with van der Waals surface area (Å²) in [7, 11) is 0. The van der Waals surface area contributed by atoms with Gasteiger partial charge in [-0.15, -0.1) is 0 Å². The zero-order chi connectivity index (χ0) is 14.0. The number of rotatable bonds is 8. The molecule has 0 amide bonds. The number of aliphatic hydroxyl groups is 2. The number of hydrogen-bond donors (Lipinski definition) is 2. The molecule has 0 aromatic heterocycles. The topological polar surface area (TPSA) is 57.5 Å². The van der Waals surface area contributed by atoms with E-state index in [4.69, 9.17) is 5.11 Å². The molecule has 0 fully saturated rings. The lowest BCUT2D eigenvalue weighted by Gasteiger charge is -2.08. The largest absolute Gasteiger partial charge is 0.392 e. The van der Waals surface area contributed by atoms with Crippen molar-refractivity contribution >= 4 is 6.29 Å². The Morgan fingerprint density at radius 3 is 2.39 bits per heavy atom. The molecule has 0 spiro atoms. The SMILES string of the molecule is CC(C=O)=CCCC(C)=CC(O)CC(C)=CCO. The molecule has 0 heterocycles. The molecule has 3 heteroatoms. The first-order chi connectivity index (χ1) is 8.49. The van der Waals surface area contributed by atoms with Crippen LogP contribution in [-0.4, -0.2) is 29.2 Å². The number of hydrogen-bond acceptors (Lipinski definition) is 3. The Labute approximate surface area is 110 Å². The monoisotopic (exact) mass is 252 g/mol. The van der Waals surface area contributed by atoms with Crippen LogP contribution in [0.4, 0.5) is 0 Å². The van der Waals surface area contributed by atoms with Gasteiger partial charge in [0.05, 0.1) is 12.7 Å². The molecule has 0 radical (unpaired) electrons. The van der Waals surface area contributed by atoms with E-state index in [1.807, 2.05) is 26.0 Å². The van der Waals surface area contributed by atoms with Gasteiger partial charge in [0.2, 0.25) is 0 Å². The second kappa shape index (κ2) is 9.80. The lowest BCUT2D eigenvalue weighted by Crippen LogP contribution is -2.04. The summed E-state index contributed by atoms with van der Waals surface area (Å²) in [6.07, 6.45) is 7.95. The fourth-order valence-corrected chi connectivity index (χ4v) is 1.62. The van der Waals surface area contributed by atoms with Crippen molar-refractivity contribution in [3.05, 3.63) is 34.9 Å². The van der Waals surface area contributed by atoms with Crippen molar-refractivity contribution in [3.63, 3.8) is 0 Å². The fourth-order valence-electron chi connectivity index (χ4n) is 1.62. The summed E-state index contributed by atoms with van der Waals surface area (Å²) >= 11 is 0. The van der Waals surface area contributed by atoms with Gasteiger partial charge in [0.1, 0.15) is 6.29 Å². The maximum Gasteiger partial charge on any atom is 0.145 e. The lowest BCUT2D eigenvalue weighted by atomic mass is 10.0. The zero-order valence-electron chi connectivity index (χ0n) is 11.5. The summed E-state index contributed by atoms with van der Waals surface area (Å²) in [6, 6.07) is 0. The van der Waals surface area contributed by atoms with Crippen LogP contribution in [0.15, 0.2) is 34.9 Å². The van der Waals surface area contributed by atoms with Crippen molar-refractivity contribution in [2.75, 3.05) is 6.61 Å². The first-order valence-corrected chi connectivity index (χ1v) is 6.23. The van der Waals surface area contributed by atoms with Crippen molar-refractivity contribution < 1.29 is 15.0 Å². The Kier molecular flexibility index (Phi) is 9.15. The summed E-state index contributed by atoms with van der Waals surface area (Å²) in [6.45, 7) is 5.65. The van der Waals surface area contributed by atoms with Crippen LogP contribution in [0.2, 0.25) is 0 Å². The van der Waals surface area contributed by atoms with Gasteiger partial charge in [0.25, 0.3) is 0 Å². The minimum Gasteiger partial charge on any atom is -0.392 e. The molecular formula is C15H24O3. The van der Waals surface area contributed by atoms with Crippen LogP contribution in [0.1, 0.15) is 40.0 Å². The van der Waals surface area contributed by atoms with Gasteiger partial charge in [0.15, 0.2) is 0 Å². The molecule has 3 nitrogen and oxygen atoms in total. The van der Waals surface area contributed by atoms with Gasteiger partial charge in [0, 0.05) is 0 Å². The van der Waals surface area contributed by atoms with E-state index in [1.54, 1.807) is 13.0 Å². The maximum atomic E-state index is 10.4. The van der Waals surface area contributed by atoms with E-state index in [-0.39, 0.29) is 6.61 Å². The van der Waals surface area contributed by atoms with Crippen molar-refractivity contribution in [2.45, 2.75) is 46.1 Å². The highest BCUT2D eigenvalue weighted by Crippen LogP contribution is 2.11. The van der Waals surface area contributed by atoms with E-state index < -0.39 is 6.10 Å². The second-order valence-electron chi connectivity index (χ2n) is 4.62. The van der Waals surface area contributed by atoms with Gasteiger partial charge in [-0.1, -0.05) is 29.4 Å². The van der Waals surface area contributed by atoms with Gasteiger partial charge >= 0.3 is 0 Å². The molecule has 0 aliphatic heterocycles. The highest BCUT2D eigenvalue weighted by molar-refractivity contribution is 5.71. The molecule has 0 aromatic carbocycles. The summed E-state index contributed by atoms with van der Waals surface area (Å²) in [5.41, 5.74) is 2.82. The molecule has 0 saturated heterocycles. The van der Waals surface area contributed by atoms with Crippen LogP contribution in [-0.2, 0) is 4.79 Å². The Morgan fingerprint density at radius 2 is 1.83 bits per heavy atom. The normalized spacial score (nSPS) is 15.7. The third kappa shape index (κ3) is 8.90. The first kappa shape index (κ1) is 16.8. The fraction of sp³-hybridized carbons (Fsp3) is 0.533. The molecule has 0 rings (SSSR count). The van der Waals surface area contributed by atoms with Gasteiger partial charge in [-0.3, -0.25) is 4.79 Å². The number of carbonyl (C=O) groups is 1. The van der Waals surface area contributed by atoms with Crippen molar-refractivity contribution in [1.82, 2.24) is 0 Å². The van der Waals surface area contributed by atoms with Crippen molar-refractivity contribution in [3.8, 4) is 0 Å². The predicted molar refractivity (Wildman–Crippen MR) is 74.3 cm³/mol. The molecule has 0 aliphatic carbocycles. The first-order valence-electron chi connectivity index (χ1n) is 6.23. The number of allylic oxidation sites excluding steroid dienone is 3. The molecule has 0 aliphatic rings. The molecule has 0 bridgehead atoms. The van der Waals surface area contributed by atoms with Gasteiger partial charge in [-0.25, -0.2) is 0 Å². The summed E-state index contributed by atoms with van der Waals surface area (Å²) in [5.74, 6) is 0. The standard InChI is InChI=1S/C15H24O3/c1-12(5-4-6-14(3)11-17)9-15(18)10-13(2)7-8-16/h6-7,9,11,15-16,18H,4-5,8,10H2,1-3H3. The predicted octanol–water partition coefficient (Wildman–Crippen LogP) is 2.55. The molecule has 0 saturated carbocycles. The number of aliphatic hydroxyl groups excluding tert-OH is 2. The van der Waals surface area contributed by atoms with Crippen LogP contribution in [0.25, 0.3) is 0 Å². The number of carbonyl (C=O) groups excluding carboxylic acids is 1. The van der Waals surface area contributed by atoms with Crippen LogP contribution in [0.5, 0.6) is 0 Å². The highest BCUT2D eigenvalue weighted by atomic mass is 16.3. The quantitative estimate of drug-likeness (QED) is 0.396. The molecule has 2 N–H and O–H groups in total. The summed E-state index contributed by atoms with van der Waals surface area (Å²) < 4.78 is 0. The highest BCUT2D eigenvalue weighted by Gasteiger charge is 2.02. The van der Waals surface area contributed by atoms with Gasteiger partial charge < -0.3 is 10.2 Å². The van der Waals surface area contributed by atoms with E-state index in [2.05, 4.69) is 0 Å². The molecule has 1 unspecified atom stereocenters. The van der Waals surface area contributed by atoms with Crippen molar-refractivity contribution in [1.29, 1.82) is 0 Å². The zero-order valence-corrected chi connectivity index (χ0v) is 11.5. The van der Waals surface area contributed by atoms with Crippen molar-refractivity contribution in [2.24, 2.45) is 0 Å². The van der Waals surface area contributed by atoms with Crippen LogP contribution < -0.4 is 0 Å². The molecule has 0 aromatic rings. The Balaban J connectivity index is 4.16. The minimum absolute atomic E-state index is 0.0109. The van der Waals surface area contributed by atoms with Crippen LogP contribution in [0.3, 0.4) is 0 Å². The lowest BCUT2D eigenvalue weighted by molar-refractivity contribution is -0.104. The Hall–Kier alpha value is -1.19. The summed E-state index contributed by atoms with van der Waals surface area (Å²) in [5, 5.41) is 18.5. The van der Waals surface area contributed by atoms with Gasteiger partial charge in [-0.05, 0) is 45.6 Å². The minimum atomic E-state index is -0.510. The van der Waals surface area contributed by atoms with E-state index >= 15 is 0 Å². The smallest absolute Gasteiger partial charge is 0.145 e. The second-order valence-corrected chi connectivity index (χ2v) is 4.62. The van der Waals surface area contributed by atoms with Crippen LogP contribution in [0, 0.1) is 0 Å². The van der Waals surface area contributed by atoms with E-state index in [0.717, 1.165) is 35.8 Å². The summed E-state index contributed by atoms with van der Waals surface area (Å²) in [4.78, 5) is 10.4. The Morgan fingerprint density at radius 1 is 1.17 bits per heavy atom. The Bertz CT molecular complexity index is 338. The third-order valence-electron chi connectivity index (χ3n) is 2.64. The molecule has 1 atom stereocenters. The van der Waals surface area contributed by atoms with E-state index in [1.165, 1.54) is 0 Å². The van der Waals surface area contributed by atoms with E-state index in [9.17, 15) is 9.90 Å². The molecule has 102 valence electrons. The number of aldehydes is 1. The average Bonchev–Trinajstić information content (AvgIpc) is 2.28.